The topological polar surface area (TPSA) is 41.1 Å². The first-order valence-corrected chi connectivity index (χ1v) is 6.30. The van der Waals surface area contributed by atoms with E-state index >= 15 is 0 Å². The molecule has 0 aromatic heterocycles. The minimum absolute atomic E-state index is 0.0510. The normalized spacial score (nSPS) is 12.2. The van der Waals surface area contributed by atoms with Crippen molar-refractivity contribution >= 4 is 5.91 Å². The summed E-state index contributed by atoms with van der Waals surface area (Å²) in [6, 6.07) is 4.65. The summed E-state index contributed by atoms with van der Waals surface area (Å²) in [5, 5.41) is 5.82. The van der Waals surface area contributed by atoms with Gasteiger partial charge in [0.05, 0.1) is 6.04 Å². The van der Waals surface area contributed by atoms with E-state index in [0.717, 1.165) is 12.0 Å². The summed E-state index contributed by atoms with van der Waals surface area (Å²) < 4.78 is 13.5. The maximum Gasteiger partial charge on any atom is 0.236 e. The third kappa shape index (κ3) is 4.45. The Bertz CT molecular complexity index is 407. The average molecular weight is 252 g/mol. The Hall–Kier alpha value is -1.42. The van der Waals surface area contributed by atoms with Crippen LogP contribution in [-0.4, -0.2) is 18.5 Å². The highest BCUT2D eigenvalue weighted by Gasteiger charge is 2.12. The third-order valence-electron chi connectivity index (χ3n) is 2.74. The third-order valence-corrected chi connectivity index (χ3v) is 2.74. The Kier molecular flexibility index (Phi) is 5.78. The Morgan fingerprint density at radius 2 is 2.17 bits per heavy atom. The molecule has 1 aromatic carbocycles. The lowest BCUT2D eigenvalue weighted by atomic mass is 10.1. The zero-order chi connectivity index (χ0) is 13.5. The van der Waals surface area contributed by atoms with E-state index in [1.54, 1.807) is 19.1 Å². The lowest BCUT2D eigenvalue weighted by Crippen LogP contribution is -2.42. The van der Waals surface area contributed by atoms with Gasteiger partial charge in [-0.15, -0.1) is 0 Å². The maximum atomic E-state index is 13.5. The van der Waals surface area contributed by atoms with Gasteiger partial charge >= 0.3 is 0 Å². The van der Waals surface area contributed by atoms with Gasteiger partial charge < -0.3 is 10.6 Å². The van der Waals surface area contributed by atoms with Gasteiger partial charge in [0.25, 0.3) is 0 Å². The average Bonchev–Trinajstić information content (AvgIpc) is 2.36. The predicted molar refractivity (Wildman–Crippen MR) is 70.7 cm³/mol. The number of aryl methyl sites for hydroxylation is 1. The molecule has 3 nitrogen and oxygen atoms in total. The minimum atomic E-state index is -0.323. The number of carbonyl (C=O) groups is 1. The van der Waals surface area contributed by atoms with Gasteiger partial charge in [-0.05, 0) is 26.3 Å². The van der Waals surface area contributed by atoms with Crippen LogP contribution in [0.4, 0.5) is 4.39 Å². The Balaban J connectivity index is 2.49. The van der Waals surface area contributed by atoms with E-state index in [1.165, 1.54) is 6.07 Å². The monoisotopic (exact) mass is 252 g/mol. The second-order valence-corrected chi connectivity index (χ2v) is 4.49. The van der Waals surface area contributed by atoms with Gasteiger partial charge in [0.15, 0.2) is 0 Å². The summed E-state index contributed by atoms with van der Waals surface area (Å²) in [7, 11) is 0. The molecule has 2 N–H and O–H groups in total. The number of amides is 1. The van der Waals surface area contributed by atoms with E-state index in [4.69, 9.17) is 0 Å². The van der Waals surface area contributed by atoms with Crippen molar-refractivity contribution in [2.24, 2.45) is 0 Å². The molecule has 1 unspecified atom stereocenters. The van der Waals surface area contributed by atoms with E-state index in [-0.39, 0.29) is 17.8 Å². The summed E-state index contributed by atoms with van der Waals surface area (Å²) in [6.07, 6.45) is 0.908. The lowest BCUT2D eigenvalue weighted by Gasteiger charge is -2.14. The Labute approximate surface area is 108 Å². The highest BCUT2D eigenvalue weighted by molar-refractivity contribution is 5.81. The molecule has 0 saturated carbocycles. The zero-order valence-corrected chi connectivity index (χ0v) is 11.2. The number of rotatable bonds is 6. The molecule has 1 amide bonds. The Morgan fingerprint density at radius 1 is 1.44 bits per heavy atom. The number of carbonyl (C=O) groups excluding carboxylic acids is 1. The fraction of sp³-hybridized carbons (Fsp3) is 0.500. The molecule has 0 spiro atoms. The molecular weight excluding hydrogens is 231 g/mol. The number of nitrogens with one attached hydrogen (secondary N) is 2. The molecule has 0 saturated heterocycles. The summed E-state index contributed by atoms with van der Waals surface area (Å²) in [6.45, 7) is 6.72. The molecule has 0 heterocycles. The van der Waals surface area contributed by atoms with Crippen LogP contribution in [-0.2, 0) is 11.3 Å². The van der Waals surface area contributed by atoms with Gasteiger partial charge in [0.2, 0.25) is 5.91 Å². The molecule has 1 aromatic rings. The van der Waals surface area contributed by atoms with Crippen LogP contribution in [0.5, 0.6) is 0 Å². The van der Waals surface area contributed by atoms with Crippen molar-refractivity contribution in [2.75, 3.05) is 6.54 Å². The van der Waals surface area contributed by atoms with Gasteiger partial charge in [-0.1, -0.05) is 24.6 Å². The van der Waals surface area contributed by atoms with Crippen LogP contribution in [0.15, 0.2) is 18.2 Å². The fourth-order valence-corrected chi connectivity index (χ4v) is 1.60. The van der Waals surface area contributed by atoms with Crippen LogP contribution in [0.1, 0.15) is 31.4 Å². The quantitative estimate of drug-likeness (QED) is 0.814. The van der Waals surface area contributed by atoms with Gasteiger partial charge in [-0.25, -0.2) is 4.39 Å². The number of benzene rings is 1. The van der Waals surface area contributed by atoms with Crippen LogP contribution >= 0.6 is 0 Å². The van der Waals surface area contributed by atoms with Crippen LogP contribution in [0, 0.1) is 12.7 Å². The van der Waals surface area contributed by atoms with Gasteiger partial charge in [-0.3, -0.25) is 4.79 Å². The Morgan fingerprint density at radius 3 is 2.83 bits per heavy atom. The van der Waals surface area contributed by atoms with Crippen LogP contribution in [0.25, 0.3) is 0 Å². The van der Waals surface area contributed by atoms with Crippen molar-refractivity contribution in [3.05, 3.63) is 35.1 Å². The predicted octanol–water partition coefficient (Wildman–Crippen LogP) is 2.14. The molecule has 0 bridgehead atoms. The SMILES string of the molecule is CCCNC(=O)C(C)NCc1cc(C)ccc1F. The molecule has 1 rings (SSSR count). The van der Waals surface area contributed by atoms with Crippen LogP contribution in [0.2, 0.25) is 0 Å². The van der Waals surface area contributed by atoms with Gasteiger partial charge in [0, 0.05) is 18.7 Å². The molecule has 0 fully saturated rings. The van der Waals surface area contributed by atoms with Crippen molar-refractivity contribution in [1.82, 2.24) is 10.6 Å². The smallest absolute Gasteiger partial charge is 0.236 e. The van der Waals surface area contributed by atoms with E-state index in [0.29, 0.717) is 18.7 Å². The van der Waals surface area contributed by atoms with Crippen molar-refractivity contribution in [3.8, 4) is 0 Å². The summed E-state index contributed by atoms with van der Waals surface area (Å²) >= 11 is 0. The van der Waals surface area contributed by atoms with Crippen molar-refractivity contribution in [3.63, 3.8) is 0 Å². The van der Waals surface area contributed by atoms with Gasteiger partial charge in [-0.2, -0.15) is 0 Å². The van der Waals surface area contributed by atoms with E-state index in [1.807, 2.05) is 13.8 Å². The molecule has 1 atom stereocenters. The molecular formula is C14H21FN2O. The molecule has 0 radical (unpaired) electrons. The van der Waals surface area contributed by atoms with Crippen molar-refractivity contribution < 1.29 is 9.18 Å². The second kappa shape index (κ2) is 7.11. The van der Waals surface area contributed by atoms with Crippen molar-refractivity contribution in [2.45, 2.75) is 39.8 Å². The zero-order valence-electron chi connectivity index (χ0n) is 11.2. The fourth-order valence-electron chi connectivity index (χ4n) is 1.60. The minimum Gasteiger partial charge on any atom is -0.355 e. The van der Waals surface area contributed by atoms with E-state index < -0.39 is 0 Å². The summed E-state index contributed by atoms with van der Waals surface area (Å²) in [4.78, 5) is 11.6. The largest absolute Gasteiger partial charge is 0.355 e. The first-order valence-electron chi connectivity index (χ1n) is 6.30. The van der Waals surface area contributed by atoms with Crippen LogP contribution in [0.3, 0.4) is 0 Å². The highest BCUT2D eigenvalue weighted by atomic mass is 19.1. The maximum absolute atomic E-state index is 13.5. The number of halogens is 1. The second-order valence-electron chi connectivity index (χ2n) is 4.49. The summed E-state index contributed by atoms with van der Waals surface area (Å²) in [5.74, 6) is -0.292. The van der Waals surface area contributed by atoms with E-state index in [9.17, 15) is 9.18 Å². The standard InChI is InChI=1S/C14H21FN2O/c1-4-7-16-14(18)11(3)17-9-12-8-10(2)5-6-13(12)15/h5-6,8,11,17H,4,7,9H2,1-3H3,(H,16,18). The van der Waals surface area contributed by atoms with Crippen molar-refractivity contribution in [1.29, 1.82) is 0 Å². The molecule has 18 heavy (non-hydrogen) atoms. The molecule has 0 aliphatic carbocycles. The first-order chi connectivity index (χ1) is 8.54. The molecule has 4 heteroatoms. The summed E-state index contributed by atoms with van der Waals surface area (Å²) in [5.41, 5.74) is 1.60. The highest BCUT2D eigenvalue weighted by Crippen LogP contribution is 2.09. The number of hydrogen-bond donors (Lipinski definition) is 2. The lowest BCUT2D eigenvalue weighted by molar-refractivity contribution is -0.122. The molecule has 0 aliphatic heterocycles. The first kappa shape index (κ1) is 14.6. The van der Waals surface area contributed by atoms with E-state index in [2.05, 4.69) is 10.6 Å². The molecule has 100 valence electrons. The van der Waals surface area contributed by atoms with Gasteiger partial charge in [0.1, 0.15) is 5.82 Å². The van der Waals surface area contributed by atoms with Crippen LogP contribution < -0.4 is 10.6 Å². The number of hydrogen-bond acceptors (Lipinski definition) is 2. The molecule has 0 aliphatic rings.